The third-order valence-electron chi connectivity index (χ3n) is 11.5. The van der Waals surface area contributed by atoms with Gasteiger partial charge in [-0.05, 0) is 100 Å². The average Bonchev–Trinajstić information content (AvgIpc) is 3.78. The van der Waals surface area contributed by atoms with Gasteiger partial charge in [-0.1, -0.05) is 115 Å². The first-order chi connectivity index (χ1) is 29.1. The molecule has 9 aromatic rings. The highest BCUT2D eigenvalue weighted by atomic mass is 32.2. The van der Waals surface area contributed by atoms with Crippen LogP contribution in [0.3, 0.4) is 0 Å². The molecule has 0 radical (unpaired) electrons. The Morgan fingerprint density at radius 3 is 1.87 bits per heavy atom. The smallest absolute Gasteiger partial charge is 0.457 e. The summed E-state index contributed by atoms with van der Waals surface area (Å²) in [5.74, 6) is 1.12. The van der Waals surface area contributed by atoms with Crippen molar-refractivity contribution in [2.45, 2.75) is 10.9 Å². The molecule has 8 aromatic carbocycles. The number of halogens is 3. The number of alkyl halides is 3. The van der Waals surface area contributed by atoms with E-state index in [-0.39, 0.29) is 0 Å². The van der Waals surface area contributed by atoms with E-state index in [0.717, 1.165) is 65.4 Å². The van der Waals surface area contributed by atoms with Crippen molar-refractivity contribution in [3.8, 4) is 39.5 Å². The average molecular weight is 830 g/mol. The van der Waals surface area contributed by atoms with Gasteiger partial charge in [0.15, 0.2) is 0 Å². The number of para-hydroxylation sites is 2. The zero-order chi connectivity index (χ0) is 40.8. The van der Waals surface area contributed by atoms with Gasteiger partial charge in [0.05, 0.1) is 5.41 Å². The number of hydrogen-bond donors (Lipinski definition) is 0. The van der Waals surface area contributed by atoms with Crippen LogP contribution in [0.4, 0.5) is 30.2 Å². The number of nitrogens with zero attached hydrogens (tertiary/aromatic N) is 1. The van der Waals surface area contributed by atoms with Crippen LogP contribution in [0.25, 0.3) is 42.4 Å². The Labute approximate surface area is 347 Å². The molecule has 0 N–H and O–H groups in total. The number of anilines is 3. The molecule has 0 saturated carbocycles. The van der Waals surface area contributed by atoms with Crippen LogP contribution in [0, 0.1) is 0 Å². The minimum absolute atomic E-state index is 0.439. The Bertz CT molecular complexity index is 3240. The second-order valence-electron chi connectivity index (χ2n) is 14.8. The lowest BCUT2D eigenvalue weighted by molar-refractivity contribution is -0.0500. The molecule has 292 valence electrons. The summed E-state index contributed by atoms with van der Waals surface area (Å²) >= 11 is 1.65. The van der Waals surface area contributed by atoms with Crippen molar-refractivity contribution in [1.82, 2.24) is 0 Å². The van der Waals surface area contributed by atoms with Crippen molar-refractivity contribution in [1.29, 1.82) is 0 Å². The fraction of sp³-hybridized carbons (Fsp3) is 0.0400. The van der Waals surface area contributed by atoms with E-state index in [0.29, 0.717) is 5.56 Å². The summed E-state index contributed by atoms with van der Waals surface area (Å²) < 4.78 is 76.6. The summed E-state index contributed by atoms with van der Waals surface area (Å²) in [5, 5.41) is 1.99. The predicted molar refractivity (Wildman–Crippen MR) is 232 cm³/mol. The summed E-state index contributed by atoms with van der Waals surface area (Å²) in [6, 6.07) is 59.9. The monoisotopic (exact) mass is 829 g/mol. The van der Waals surface area contributed by atoms with E-state index in [1.165, 1.54) is 34.4 Å². The summed E-state index contributed by atoms with van der Waals surface area (Å²) in [6.07, 6.45) is 0. The molecule has 0 saturated heterocycles. The van der Waals surface area contributed by atoms with Gasteiger partial charge in [-0.25, -0.2) is 0 Å². The molecule has 1 spiro atoms. The Balaban J connectivity index is 1.14. The molecular weight excluding hydrogens is 800 g/mol. The van der Waals surface area contributed by atoms with Crippen LogP contribution in [0.15, 0.2) is 182 Å². The van der Waals surface area contributed by atoms with Crippen LogP contribution >= 0.6 is 11.3 Å². The first-order valence-electron chi connectivity index (χ1n) is 19.1. The van der Waals surface area contributed by atoms with Crippen molar-refractivity contribution in [3.05, 3.63) is 204 Å². The summed E-state index contributed by atoms with van der Waals surface area (Å²) in [7, 11) is -5.84. The Hall–Kier alpha value is -6.88. The van der Waals surface area contributed by atoms with Crippen molar-refractivity contribution < 1.29 is 30.5 Å². The first kappa shape index (κ1) is 36.2. The lowest BCUT2D eigenvalue weighted by Crippen LogP contribution is -2.32. The number of ether oxygens (including phenoxy) is 1. The third-order valence-corrected chi connectivity index (χ3v) is 13.6. The Morgan fingerprint density at radius 1 is 0.533 bits per heavy atom. The van der Waals surface area contributed by atoms with Crippen LogP contribution in [0.2, 0.25) is 0 Å². The molecule has 1 aromatic heterocycles. The number of hydrogen-bond acceptors (Lipinski definition) is 6. The summed E-state index contributed by atoms with van der Waals surface area (Å²) in [6.45, 7) is 0. The molecule has 0 fully saturated rings. The van der Waals surface area contributed by atoms with E-state index in [2.05, 4.69) is 124 Å². The molecule has 10 heteroatoms. The Kier molecular flexibility index (Phi) is 8.04. The van der Waals surface area contributed by atoms with Gasteiger partial charge >= 0.3 is 15.6 Å². The Morgan fingerprint density at radius 2 is 1.15 bits per heavy atom. The fourth-order valence-electron chi connectivity index (χ4n) is 9.07. The number of rotatable bonds is 6. The highest BCUT2D eigenvalue weighted by Crippen LogP contribution is 2.62. The number of benzene rings is 8. The molecule has 0 amide bonds. The molecule has 11 rings (SSSR count). The molecule has 1 aliphatic heterocycles. The van der Waals surface area contributed by atoms with Crippen molar-refractivity contribution in [3.63, 3.8) is 0 Å². The van der Waals surface area contributed by atoms with E-state index in [9.17, 15) is 21.6 Å². The van der Waals surface area contributed by atoms with E-state index in [1.807, 2.05) is 42.5 Å². The van der Waals surface area contributed by atoms with E-state index in [4.69, 9.17) is 4.74 Å². The standard InChI is InChI=1S/C50H30F3NO4S2/c51-50(52,53)60(55,56)58-35-25-22-31(23-26-35)39-28-34(30-47-48(39)38-16-6-11-21-46(38)59-47)54(32-12-2-1-3-13-32)33-24-27-45-43(29-33)49(42-19-9-10-20-44(42)57-45)40-17-7-4-14-36(40)37-15-5-8-18-41(37)49/h1-30H. The van der Waals surface area contributed by atoms with Gasteiger partial charge in [0.1, 0.15) is 17.2 Å². The van der Waals surface area contributed by atoms with Gasteiger partial charge < -0.3 is 13.8 Å². The van der Waals surface area contributed by atoms with Crippen molar-refractivity contribution in [2.24, 2.45) is 0 Å². The summed E-state index contributed by atoms with van der Waals surface area (Å²) in [4.78, 5) is 2.21. The van der Waals surface area contributed by atoms with Crippen molar-refractivity contribution >= 4 is 58.7 Å². The van der Waals surface area contributed by atoms with E-state index in [1.54, 1.807) is 23.5 Å². The topological polar surface area (TPSA) is 55.8 Å². The fourth-order valence-corrected chi connectivity index (χ4v) is 10.7. The lowest BCUT2D eigenvalue weighted by Gasteiger charge is -2.40. The van der Waals surface area contributed by atoms with Crippen LogP contribution in [0.5, 0.6) is 17.2 Å². The molecule has 0 unspecified atom stereocenters. The second-order valence-corrected chi connectivity index (χ2v) is 17.4. The summed E-state index contributed by atoms with van der Waals surface area (Å²) in [5.41, 5.74) is 4.65. The minimum Gasteiger partial charge on any atom is -0.457 e. The maximum atomic E-state index is 13.2. The van der Waals surface area contributed by atoms with Gasteiger partial charge in [-0.3, -0.25) is 0 Å². The molecule has 2 heterocycles. The number of fused-ring (bicyclic) bond motifs is 12. The number of thiophene rings is 1. The van der Waals surface area contributed by atoms with Gasteiger partial charge in [-0.2, -0.15) is 21.6 Å². The van der Waals surface area contributed by atoms with Gasteiger partial charge in [0, 0.05) is 48.4 Å². The predicted octanol–water partition coefficient (Wildman–Crippen LogP) is 13.9. The normalized spacial score (nSPS) is 13.7. The van der Waals surface area contributed by atoms with E-state index < -0.39 is 26.8 Å². The lowest BCUT2D eigenvalue weighted by atomic mass is 9.66. The molecule has 60 heavy (non-hydrogen) atoms. The molecular formula is C50H30F3NO4S2. The molecule has 0 bridgehead atoms. The molecule has 2 aliphatic rings. The third kappa shape index (κ3) is 5.41. The van der Waals surface area contributed by atoms with Crippen LogP contribution in [0.1, 0.15) is 22.3 Å². The zero-order valence-electron chi connectivity index (χ0n) is 31.4. The van der Waals surface area contributed by atoms with Crippen LogP contribution in [-0.2, 0) is 15.5 Å². The maximum absolute atomic E-state index is 13.2. The van der Waals surface area contributed by atoms with Crippen LogP contribution in [-0.4, -0.2) is 13.9 Å². The molecule has 5 nitrogen and oxygen atoms in total. The van der Waals surface area contributed by atoms with Gasteiger partial charge in [-0.15, -0.1) is 11.3 Å². The SMILES string of the molecule is O=S(=O)(Oc1ccc(-c2cc(N(c3ccccc3)c3ccc4c(c3)C3(c5ccccc5O4)c4ccccc4-c4ccccc43)cc3sc4ccccc4c23)cc1)C(F)(F)F. The van der Waals surface area contributed by atoms with Gasteiger partial charge in [0.2, 0.25) is 0 Å². The molecule has 0 atom stereocenters. The first-order valence-corrected chi connectivity index (χ1v) is 21.4. The van der Waals surface area contributed by atoms with Crippen molar-refractivity contribution in [2.75, 3.05) is 4.90 Å². The molecule has 1 aliphatic carbocycles. The minimum atomic E-state index is -5.84. The highest BCUT2D eigenvalue weighted by Gasteiger charge is 2.51. The highest BCUT2D eigenvalue weighted by molar-refractivity contribution is 7.88. The van der Waals surface area contributed by atoms with Crippen LogP contribution < -0.4 is 13.8 Å². The van der Waals surface area contributed by atoms with E-state index >= 15 is 0 Å². The largest absolute Gasteiger partial charge is 0.534 e. The second kappa shape index (κ2) is 13.3. The quantitative estimate of drug-likeness (QED) is 0.123. The zero-order valence-corrected chi connectivity index (χ0v) is 33.0. The maximum Gasteiger partial charge on any atom is 0.534 e. The van der Waals surface area contributed by atoms with Gasteiger partial charge in [0.25, 0.3) is 0 Å².